The summed E-state index contributed by atoms with van der Waals surface area (Å²) in [5.74, 6) is 0.586. The van der Waals surface area contributed by atoms with E-state index >= 15 is 0 Å². The molecule has 0 aliphatic carbocycles. The Morgan fingerprint density at radius 3 is 2.87 bits per heavy atom. The zero-order chi connectivity index (χ0) is 16.4. The molecule has 118 valence electrons. The van der Waals surface area contributed by atoms with Crippen molar-refractivity contribution in [3.8, 4) is 17.0 Å². The summed E-state index contributed by atoms with van der Waals surface area (Å²) in [7, 11) is 1.63. The molecular formula is C17H18N4O2. The van der Waals surface area contributed by atoms with Crippen LogP contribution in [0.3, 0.4) is 0 Å². The second-order valence-electron chi connectivity index (χ2n) is 5.48. The molecule has 1 N–H and O–H groups in total. The standard InChI is InChI=1S/C17H18N4O2/c1-11(2)20-17(22)14-10-19-21-15(7-8-18-16(14)21)12-5-4-6-13(9-12)23-3/h4-11H,1-3H3,(H,20,22). The van der Waals surface area contributed by atoms with Crippen LogP contribution in [-0.2, 0) is 0 Å². The summed E-state index contributed by atoms with van der Waals surface area (Å²) in [6.45, 7) is 3.83. The molecule has 2 aromatic heterocycles. The van der Waals surface area contributed by atoms with Gasteiger partial charge in [0.05, 0.1) is 19.0 Å². The quantitative estimate of drug-likeness (QED) is 0.804. The van der Waals surface area contributed by atoms with Gasteiger partial charge in [-0.1, -0.05) is 12.1 Å². The predicted octanol–water partition coefficient (Wildman–Crippen LogP) is 2.54. The largest absolute Gasteiger partial charge is 0.497 e. The van der Waals surface area contributed by atoms with Crippen molar-refractivity contribution in [1.82, 2.24) is 19.9 Å². The molecular weight excluding hydrogens is 292 g/mol. The van der Waals surface area contributed by atoms with Crippen LogP contribution in [0.4, 0.5) is 0 Å². The topological polar surface area (TPSA) is 68.5 Å². The lowest BCUT2D eigenvalue weighted by Gasteiger charge is -2.08. The normalized spacial score (nSPS) is 11.0. The number of ether oxygens (including phenoxy) is 1. The van der Waals surface area contributed by atoms with Gasteiger partial charge in [0, 0.05) is 17.8 Å². The highest BCUT2D eigenvalue weighted by molar-refractivity contribution is 6.00. The summed E-state index contributed by atoms with van der Waals surface area (Å²) in [6, 6.07) is 9.60. The number of nitrogens with one attached hydrogen (secondary N) is 1. The van der Waals surface area contributed by atoms with Gasteiger partial charge in [-0.3, -0.25) is 4.79 Å². The molecule has 23 heavy (non-hydrogen) atoms. The molecule has 0 aliphatic heterocycles. The van der Waals surface area contributed by atoms with Gasteiger partial charge in [0.1, 0.15) is 11.3 Å². The van der Waals surface area contributed by atoms with Crippen LogP contribution in [0.25, 0.3) is 16.9 Å². The van der Waals surface area contributed by atoms with Gasteiger partial charge in [0.25, 0.3) is 5.91 Å². The smallest absolute Gasteiger partial charge is 0.256 e. The van der Waals surface area contributed by atoms with Gasteiger partial charge < -0.3 is 10.1 Å². The van der Waals surface area contributed by atoms with Crippen molar-refractivity contribution in [2.24, 2.45) is 0 Å². The Balaban J connectivity index is 2.10. The highest BCUT2D eigenvalue weighted by atomic mass is 16.5. The Morgan fingerprint density at radius 2 is 2.13 bits per heavy atom. The van der Waals surface area contributed by atoms with Crippen molar-refractivity contribution in [2.75, 3.05) is 7.11 Å². The van der Waals surface area contributed by atoms with Crippen molar-refractivity contribution >= 4 is 11.6 Å². The average molecular weight is 310 g/mol. The Hall–Kier alpha value is -2.89. The first-order valence-electron chi connectivity index (χ1n) is 7.38. The minimum absolute atomic E-state index is 0.0546. The van der Waals surface area contributed by atoms with Crippen LogP contribution in [0.15, 0.2) is 42.7 Å². The Bertz CT molecular complexity index is 855. The van der Waals surface area contributed by atoms with Gasteiger partial charge in [-0.25, -0.2) is 9.50 Å². The van der Waals surface area contributed by atoms with E-state index in [1.165, 1.54) is 0 Å². The fourth-order valence-electron chi connectivity index (χ4n) is 2.39. The maximum Gasteiger partial charge on any atom is 0.256 e. The first-order valence-corrected chi connectivity index (χ1v) is 7.38. The lowest BCUT2D eigenvalue weighted by atomic mass is 10.1. The van der Waals surface area contributed by atoms with Crippen LogP contribution in [-0.4, -0.2) is 33.7 Å². The number of hydrogen-bond acceptors (Lipinski definition) is 4. The molecule has 0 bridgehead atoms. The van der Waals surface area contributed by atoms with Gasteiger partial charge >= 0.3 is 0 Å². The summed E-state index contributed by atoms with van der Waals surface area (Å²) >= 11 is 0. The highest BCUT2D eigenvalue weighted by Crippen LogP contribution is 2.24. The maximum atomic E-state index is 12.3. The molecule has 0 radical (unpaired) electrons. The first kappa shape index (κ1) is 15.0. The molecule has 6 nitrogen and oxygen atoms in total. The predicted molar refractivity (Wildman–Crippen MR) is 87.6 cm³/mol. The van der Waals surface area contributed by atoms with E-state index in [-0.39, 0.29) is 11.9 Å². The molecule has 1 aromatic carbocycles. The molecule has 3 aromatic rings. The number of carbonyl (C=O) groups excluding carboxylic acids is 1. The first-order chi connectivity index (χ1) is 11.1. The number of benzene rings is 1. The van der Waals surface area contributed by atoms with Crippen LogP contribution in [0.5, 0.6) is 5.75 Å². The number of aromatic nitrogens is 3. The molecule has 0 saturated heterocycles. The van der Waals surface area contributed by atoms with Crippen molar-refractivity contribution in [3.63, 3.8) is 0 Å². The molecule has 3 rings (SSSR count). The third-order valence-electron chi connectivity index (χ3n) is 3.43. The van der Waals surface area contributed by atoms with Crippen LogP contribution in [0, 0.1) is 0 Å². The molecule has 0 unspecified atom stereocenters. The molecule has 0 saturated carbocycles. The zero-order valence-corrected chi connectivity index (χ0v) is 13.3. The molecule has 2 heterocycles. The highest BCUT2D eigenvalue weighted by Gasteiger charge is 2.16. The summed E-state index contributed by atoms with van der Waals surface area (Å²) in [5, 5.41) is 7.19. The summed E-state index contributed by atoms with van der Waals surface area (Å²) in [6.07, 6.45) is 3.22. The number of fused-ring (bicyclic) bond motifs is 1. The second kappa shape index (κ2) is 6.08. The van der Waals surface area contributed by atoms with Crippen LogP contribution < -0.4 is 10.1 Å². The zero-order valence-electron chi connectivity index (χ0n) is 13.3. The molecule has 1 amide bonds. The fraction of sp³-hybridized carbons (Fsp3) is 0.235. The lowest BCUT2D eigenvalue weighted by molar-refractivity contribution is 0.0944. The Labute approximate surface area is 134 Å². The molecule has 0 atom stereocenters. The van der Waals surface area contributed by atoms with E-state index < -0.39 is 0 Å². The molecule has 6 heteroatoms. The third-order valence-corrected chi connectivity index (χ3v) is 3.43. The van der Waals surface area contributed by atoms with E-state index in [1.807, 2.05) is 44.2 Å². The fourth-order valence-corrected chi connectivity index (χ4v) is 2.39. The number of rotatable bonds is 4. The van der Waals surface area contributed by atoms with E-state index in [4.69, 9.17) is 4.74 Å². The second-order valence-corrected chi connectivity index (χ2v) is 5.48. The lowest BCUT2D eigenvalue weighted by Crippen LogP contribution is -2.30. The van der Waals surface area contributed by atoms with Gasteiger partial charge in [0.15, 0.2) is 5.65 Å². The Kier molecular flexibility index (Phi) is 3.97. The summed E-state index contributed by atoms with van der Waals surface area (Å²) < 4.78 is 6.94. The molecule has 0 spiro atoms. The minimum Gasteiger partial charge on any atom is -0.497 e. The van der Waals surface area contributed by atoms with E-state index in [0.29, 0.717) is 11.2 Å². The maximum absolute atomic E-state index is 12.3. The van der Waals surface area contributed by atoms with Gasteiger partial charge in [-0.05, 0) is 32.0 Å². The van der Waals surface area contributed by atoms with Gasteiger partial charge in [-0.15, -0.1) is 0 Å². The van der Waals surface area contributed by atoms with Crippen LogP contribution in [0.1, 0.15) is 24.2 Å². The van der Waals surface area contributed by atoms with Crippen LogP contribution >= 0.6 is 0 Å². The number of amides is 1. The SMILES string of the molecule is COc1cccc(-c2ccnc3c(C(=O)NC(C)C)cnn23)c1. The third kappa shape index (κ3) is 2.88. The monoisotopic (exact) mass is 310 g/mol. The van der Waals surface area contributed by atoms with Crippen molar-refractivity contribution in [3.05, 3.63) is 48.3 Å². The average Bonchev–Trinajstić information content (AvgIpc) is 2.98. The Morgan fingerprint density at radius 1 is 1.30 bits per heavy atom. The van der Waals surface area contributed by atoms with Crippen molar-refractivity contribution < 1.29 is 9.53 Å². The number of methoxy groups -OCH3 is 1. The molecule has 0 fully saturated rings. The van der Waals surface area contributed by atoms with E-state index in [2.05, 4.69) is 15.4 Å². The summed E-state index contributed by atoms with van der Waals surface area (Å²) in [5.41, 5.74) is 2.78. The van der Waals surface area contributed by atoms with E-state index in [0.717, 1.165) is 17.0 Å². The van der Waals surface area contributed by atoms with Gasteiger partial charge in [0.2, 0.25) is 0 Å². The number of nitrogens with zero attached hydrogens (tertiary/aromatic N) is 3. The van der Waals surface area contributed by atoms with Gasteiger partial charge in [-0.2, -0.15) is 5.10 Å². The van der Waals surface area contributed by atoms with E-state index in [1.54, 1.807) is 24.0 Å². The van der Waals surface area contributed by atoms with E-state index in [9.17, 15) is 4.79 Å². The number of carbonyl (C=O) groups is 1. The van der Waals surface area contributed by atoms with Crippen molar-refractivity contribution in [1.29, 1.82) is 0 Å². The minimum atomic E-state index is -0.176. The molecule has 0 aliphatic rings. The van der Waals surface area contributed by atoms with Crippen molar-refractivity contribution in [2.45, 2.75) is 19.9 Å². The number of hydrogen-bond donors (Lipinski definition) is 1. The summed E-state index contributed by atoms with van der Waals surface area (Å²) in [4.78, 5) is 16.6. The van der Waals surface area contributed by atoms with Crippen LogP contribution in [0.2, 0.25) is 0 Å².